The zero-order chi connectivity index (χ0) is 17.3. The fraction of sp³-hybridized carbons (Fsp3) is 0.429. The molecule has 4 heterocycles. The molecule has 2 saturated heterocycles. The van der Waals surface area contributed by atoms with Crippen LogP contribution < -0.4 is 9.80 Å². The Bertz CT molecular complexity index is 890. The Kier molecular flexibility index (Phi) is 4.25. The summed E-state index contributed by atoms with van der Waals surface area (Å²) >= 11 is 1.78. The van der Waals surface area contributed by atoms with Gasteiger partial charge in [-0.05, 0) is 62.4 Å². The van der Waals surface area contributed by atoms with E-state index in [9.17, 15) is 0 Å². The van der Waals surface area contributed by atoms with Crippen LogP contribution in [0.3, 0.4) is 0 Å². The number of piperidine rings is 1. The predicted molar refractivity (Wildman–Crippen MR) is 110 cm³/mol. The summed E-state index contributed by atoms with van der Waals surface area (Å²) < 4.78 is 1.27. The van der Waals surface area contributed by atoms with Crippen molar-refractivity contribution in [3.63, 3.8) is 0 Å². The van der Waals surface area contributed by atoms with E-state index in [-0.39, 0.29) is 0 Å². The molecule has 3 aromatic rings. The second-order valence-electron chi connectivity index (χ2n) is 7.32. The number of rotatable bonds is 3. The van der Waals surface area contributed by atoms with Crippen LogP contribution in [0.5, 0.6) is 0 Å². The molecule has 2 aliphatic heterocycles. The van der Waals surface area contributed by atoms with E-state index < -0.39 is 0 Å². The molecule has 0 aliphatic carbocycles. The predicted octanol–water partition coefficient (Wildman–Crippen LogP) is 4.95. The van der Waals surface area contributed by atoms with Crippen LogP contribution in [0.1, 0.15) is 32.1 Å². The van der Waals surface area contributed by atoms with Crippen LogP contribution in [0.2, 0.25) is 0 Å². The van der Waals surface area contributed by atoms with Gasteiger partial charge in [-0.1, -0.05) is 0 Å². The molecule has 2 aliphatic rings. The quantitative estimate of drug-likeness (QED) is 0.658. The molecule has 2 aromatic heterocycles. The fourth-order valence-electron chi connectivity index (χ4n) is 4.03. The fourth-order valence-corrected chi connectivity index (χ4v) is 5.02. The molecule has 0 unspecified atom stereocenters. The molecule has 2 fully saturated rings. The number of thiazole rings is 1. The molecular weight excluding hydrogens is 340 g/mol. The van der Waals surface area contributed by atoms with Crippen molar-refractivity contribution in [2.75, 3.05) is 36.0 Å². The first kappa shape index (κ1) is 16.1. The molecule has 1 aromatic carbocycles. The van der Waals surface area contributed by atoms with Gasteiger partial charge < -0.3 is 9.80 Å². The molecular formula is C21H24N4S. The monoisotopic (exact) mass is 364 g/mol. The molecule has 0 radical (unpaired) electrons. The van der Waals surface area contributed by atoms with E-state index in [0.717, 1.165) is 35.0 Å². The number of hydrogen-bond acceptors (Lipinski definition) is 5. The van der Waals surface area contributed by atoms with Crippen molar-refractivity contribution in [2.45, 2.75) is 32.1 Å². The van der Waals surface area contributed by atoms with Crippen LogP contribution in [0, 0.1) is 0 Å². The highest BCUT2D eigenvalue weighted by atomic mass is 32.1. The summed E-state index contributed by atoms with van der Waals surface area (Å²) in [5.41, 5.74) is 3.55. The molecule has 134 valence electrons. The van der Waals surface area contributed by atoms with E-state index in [1.807, 2.05) is 6.20 Å². The summed E-state index contributed by atoms with van der Waals surface area (Å²) in [6.45, 7) is 4.62. The molecule has 0 N–H and O–H groups in total. The highest BCUT2D eigenvalue weighted by Crippen LogP contribution is 2.33. The zero-order valence-electron chi connectivity index (χ0n) is 15.0. The second-order valence-corrected chi connectivity index (χ2v) is 8.35. The summed E-state index contributed by atoms with van der Waals surface area (Å²) in [6, 6.07) is 11.0. The van der Waals surface area contributed by atoms with Gasteiger partial charge in [-0.15, -0.1) is 11.3 Å². The lowest BCUT2D eigenvalue weighted by Gasteiger charge is -2.28. The third-order valence-corrected chi connectivity index (χ3v) is 6.59. The Labute approximate surface area is 158 Å². The topological polar surface area (TPSA) is 32.3 Å². The maximum Gasteiger partial charge on any atom is 0.128 e. The van der Waals surface area contributed by atoms with Gasteiger partial charge in [0.1, 0.15) is 10.8 Å². The van der Waals surface area contributed by atoms with Gasteiger partial charge >= 0.3 is 0 Å². The largest absolute Gasteiger partial charge is 0.371 e. The second kappa shape index (κ2) is 6.88. The van der Waals surface area contributed by atoms with Crippen molar-refractivity contribution in [3.05, 3.63) is 36.5 Å². The first-order chi connectivity index (χ1) is 12.9. The van der Waals surface area contributed by atoms with E-state index in [2.05, 4.69) is 45.1 Å². The number of hydrogen-bond donors (Lipinski definition) is 0. The zero-order valence-corrected chi connectivity index (χ0v) is 15.8. The highest BCUT2D eigenvalue weighted by Gasteiger charge is 2.15. The minimum atomic E-state index is 1.07. The van der Waals surface area contributed by atoms with E-state index in [1.165, 1.54) is 55.6 Å². The molecule has 0 bridgehead atoms. The van der Waals surface area contributed by atoms with Crippen molar-refractivity contribution in [1.29, 1.82) is 0 Å². The number of pyridine rings is 1. The smallest absolute Gasteiger partial charge is 0.128 e. The Hall–Kier alpha value is -2.14. The van der Waals surface area contributed by atoms with Crippen LogP contribution >= 0.6 is 11.3 Å². The van der Waals surface area contributed by atoms with Gasteiger partial charge in [-0.3, -0.25) is 0 Å². The van der Waals surface area contributed by atoms with Crippen LogP contribution in [0.15, 0.2) is 36.5 Å². The molecule has 4 nitrogen and oxygen atoms in total. The SMILES string of the molecule is c1cc(N2CCCC2)ncc1-c1nc2ccc(N3CCCCC3)cc2s1. The van der Waals surface area contributed by atoms with E-state index in [4.69, 9.17) is 4.98 Å². The van der Waals surface area contributed by atoms with Crippen LogP contribution in [-0.2, 0) is 0 Å². The average molecular weight is 365 g/mol. The molecule has 5 heteroatoms. The van der Waals surface area contributed by atoms with Gasteiger partial charge in [-0.2, -0.15) is 0 Å². The van der Waals surface area contributed by atoms with Crippen molar-refractivity contribution >= 4 is 33.1 Å². The van der Waals surface area contributed by atoms with Gasteiger partial charge in [0.05, 0.1) is 10.2 Å². The lowest BCUT2D eigenvalue weighted by molar-refractivity contribution is 0.578. The molecule has 0 atom stereocenters. The van der Waals surface area contributed by atoms with Gasteiger partial charge in [0.15, 0.2) is 0 Å². The summed E-state index contributed by atoms with van der Waals surface area (Å²) in [7, 11) is 0. The molecule has 0 spiro atoms. The third kappa shape index (κ3) is 3.05. The Morgan fingerprint density at radius 3 is 2.35 bits per heavy atom. The van der Waals surface area contributed by atoms with E-state index in [1.54, 1.807) is 11.3 Å². The summed E-state index contributed by atoms with van der Waals surface area (Å²) in [5.74, 6) is 1.10. The molecule has 26 heavy (non-hydrogen) atoms. The minimum absolute atomic E-state index is 1.07. The highest BCUT2D eigenvalue weighted by molar-refractivity contribution is 7.21. The first-order valence-corrected chi connectivity index (χ1v) is 10.6. The Morgan fingerprint density at radius 2 is 1.58 bits per heavy atom. The van der Waals surface area contributed by atoms with Crippen LogP contribution in [-0.4, -0.2) is 36.1 Å². The average Bonchev–Trinajstić information content (AvgIpc) is 3.38. The lowest BCUT2D eigenvalue weighted by atomic mass is 10.1. The van der Waals surface area contributed by atoms with Crippen LogP contribution in [0.25, 0.3) is 20.8 Å². The normalized spacial score (nSPS) is 18.0. The van der Waals surface area contributed by atoms with Crippen molar-refractivity contribution in [2.24, 2.45) is 0 Å². The standard InChI is InChI=1S/C21H24N4S/c1-2-10-24(11-3-1)17-7-8-18-19(14-17)26-21(23-18)16-6-9-20(22-15-16)25-12-4-5-13-25/h6-9,14-15H,1-5,10-13H2. The van der Waals surface area contributed by atoms with Gasteiger partial charge in [0, 0.05) is 43.6 Å². The number of nitrogens with zero attached hydrogens (tertiary/aromatic N) is 4. The molecule has 0 saturated carbocycles. The summed E-state index contributed by atoms with van der Waals surface area (Å²) in [6.07, 6.45) is 8.52. The van der Waals surface area contributed by atoms with Crippen LogP contribution in [0.4, 0.5) is 11.5 Å². The van der Waals surface area contributed by atoms with Gasteiger partial charge in [0.2, 0.25) is 0 Å². The first-order valence-electron chi connectivity index (χ1n) is 9.74. The van der Waals surface area contributed by atoms with Gasteiger partial charge in [-0.25, -0.2) is 9.97 Å². The van der Waals surface area contributed by atoms with Crippen molar-refractivity contribution in [1.82, 2.24) is 9.97 Å². The third-order valence-electron chi connectivity index (χ3n) is 5.52. The number of aromatic nitrogens is 2. The summed E-state index contributed by atoms with van der Waals surface area (Å²) in [4.78, 5) is 14.4. The number of anilines is 2. The Balaban J connectivity index is 1.41. The Morgan fingerprint density at radius 1 is 0.808 bits per heavy atom. The summed E-state index contributed by atoms with van der Waals surface area (Å²) in [5, 5.41) is 1.07. The maximum atomic E-state index is 4.84. The molecule has 5 rings (SSSR count). The molecule has 0 amide bonds. The van der Waals surface area contributed by atoms with E-state index >= 15 is 0 Å². The van der Waals surface area contributed by atoms with Gasteiger partial charge in [0.25, 0.3) is 0 Å². The van der Waals surface area contributed by atoms with E-state index in [0.29, 0.717) is 0 Å². The van der Waals surface area contributed by atoms with Crippen molar-refractivity contribution in [3.8, 4) is 10.6 Å². The number of benzene rings is 1. The van der Waals surface area contributed by atoms with Crippen molar-refractivity contribution < 1.29 is 0 Å². The number of fused-ring (bicyclic) bond motifs is 1. The lowest BCUT2D eigenvalue weighted by Crippen LogP contribution is -2.29. The minimum Gasteiger partial charge on any atom is -0.371 e. The maximum absolute atomic E-state index is 4.84.